The number of aliphatic carboxylic acids is 1. The highest BCUT2D eigenvalue weighted by Gasteiger charge is 2.22. The Hall–Kier alpha value is -1.63. The lowest BCUT2D eigenvalue weighted by Gasteiger charge is -2.22. The molecular formula is C11H15N3O3S. The maximum atomic E-state index is 11.5. The predicted octanol–water partition coefficient (Wildman–Crippen LogP) is 0.851. The van der Waals surface area contributed by atoms with Crippen LogP contribution in [0.25, 0.3) is 0 Å². The van der Waals surface area contributed by atoms with Crippen LogP contribution in [-0.4, -0.2) is 34.6 Å². The molecule has 1 saturated heterocycles. The van der Waals surface area contributed by atoms with Gasteiger partial charge in [0.15, 0.2) is 5.13 Å². The van der Waals surface area contributed by atoms with Crippen molar-refractivity contribution in [1.82, 2.24) is 10.3 Å². The van der Waals surface area contributed by atoms with E-state index >= 15 is 0 Å². The molecule has 6 nitrogen and oxygen atoms in total. The number of hydrogen-bond acceptors (Lipinski definition) is 5. The number of carbonyl (C=O) groups excluding carboxylic acids is 1. The molecule has 0 bridgehead atoms. The van der Waals surface area contributed by atoms with Crippen LogP contribution in [0.3, 0.4) is 0 Å². The van der Waals surface area contributed by atoms with Crippen molar-refractivity contribution in [2.75, 3.05) is 11.9 Å². The summed E-state index contributed by atoms with van der Waals surface area (Å²) < 4.78 is 0. The molecule has 0 spiro atoms. The molecule has 0 radical (unpaired) electrons. The van der Waals surface area contributed by atoms with Gasteiger partial charge in [-0.3, -0.25) is 9.59 Å². The van der Waals surface area contributed by atoms with Crippen LogP contribution < -0.4 is 10.6 Å². The van der Waals surface area contributed by atoms with E-state index in [1.54, 1.807) is 0 Å². The SMILES string of the molecule is O=C(O)CCc1csc(NC2CCCNC2=O)n1. The van der Waals surface area contributed by atoms with Crippen LogP contribution in [0.15, 0.2) is 5.38 Å². The van der Waals surface area contributed by atoms with Crippen LogP contribution in [-0.2, 0) is 16.0 Å². The summed E-state index contributed by atoms with van der Waals surface area (Å²) in [6, 6.07) is -0.225. The lowest BCUT2D eigenvalue weighted by atomic mass is 10.1. The number of aryl methyl sites for hydroxylation is 1. The molecule has 0 saturated carbocycles. The van der Waals surface area contributed by atoms with Crippen molar-refractivity contribution in [2.24, 2.45) is 0 Å². The molecule has 0 aromatic carbocycles. The standard InChI is InChI=1S/C11H15N3O3S/c15-9(16)4-3-7-6-18-11(13-7)14-8-2-1-5-12-10(8)17/h6,8H,1-5H2,(H,12,17)(H,13,14)(H,15,16). The fourth-order valence-corrected chi connectivity index (χ4v) is 2.58. The minimum Gasteiger partial charge on any atom is -0.481 e. The number of rotatable bonds is 5. The van der Waals surface area contributed by atoms with Crippen LogP contribution in [0.1, 0.15) is 25.0 Å². The third-order valence-corrected chi connectivity index (χ3v) is 3.55. The van der Waals surface area contributed by atoms with Crippen LogP contribution in [0.4, 0.5) is 5.13 Å². The van der Waals surface area contributed by atoms with Gasteiger partial charge in [-0.25, -0.2) is 4.98 Å². The number of aromatic nitrogens is 1. The number of hydrogen-bond donors (Lipinski definition) is 3. The van der Waals surface area contributed by atoms with Crippen LogP contribution in [0.5, 0.6) is 0 Å². The number of thiazole rings is 1. The Balaban J connectivity index is 1.89. The number of nitrogens with one attached hydrogen (secondary N) is 2. The summed E-state index contributed by atoms with van der Waals surface area (Å²) >= 11 is 1.40. The first kappa shape index (κ1) is 12.8. The summed E-state index contributed by atoms with van der Waals surface area (Å²) in [6.07, 6.45) is 2.26. The second kappa shape index (κ2) is 5.81. The number of carboxylic acids is 1. The van der Waals surface area contributed by atoms with Crippen molar-refractivity contribution in [1.29, 1.82) is 0 Å². The Morgan fingerprint density at radius 1 is 1.67 bits per heavy atom. The van der Waals surface area contributed by atoms with Gasteiger partial charge in [0.1, 0.15) is 6.04 Å². The molecule has 18 heavy (non-hydrogen) atoms. The van der Waals surface area contributed by atoms with Crippen molar-refractivity contribution in [3.05, 3.63) is 11.1 Å². The van der Waals surface area contributed by atoms with Gasteiger partial charge in [-0.1, -0.05) is 0 Å². The van der Waals surface area contributed by atoms with Gasteiger partial charge < -0.3 is 15.7 Å². The Kier molecular flexibility index (Phi) is 4.14. The number of amides is 1. The molecule has 1 fully saturated rings. The van der Waals surface area contributed by atoms with Crippen LogP contribution in [0, 0.1) is 0 Å². The number of anilines is 1. The normalized spacial score (nSPS) is 19.3. The molecule has 0 aliphatic carbocycles. The summed E-state index contributed by atoms with van der Waals surface area (Å²) in [5.41, 5.74) is 0.751. The summed E-state index contributed by atoms with van der Waals surface area (Å²) in [5, 5.41) is 17.0. The fourth-order valence-electron chi connectivity index (χ4n) is 1.78. The van der Waals surface area contributed by atoms with E-state index in [4.69, 9.17) is 5.11 Å². The molecular weight excluding hydrogens is 254 g/mol. The average molecular weight is 269 g/mol. The summed E-state index contributed by atoms with van der Waals surface area (Å²) in [7, 11) is 0. The summed E-state index contributed by atoms with van der Waals surface area (Å²) in [4.78, 5) is 26.3. The highest BCUT2D eigenvalue weighted by molar-refractivity contribution is 7.13. The van der Waals surface area contributed by atoms with Gasteiger partial charge in [-0.15, -0.1) is 11.3 Å². The van der Waals surface area contributed by atoms with Gasteiger partial charge in [0.25, 0.3) is 0 Å². The zero-order valence-corrected chi connectivity index (χ0v) is 10.6. The maximum Gasteiger partial charge on any atom is 0.303 e. The molecule has 3 N–H and O–H groups in total. The Morgan fingerprint density at radius 3 is 3.22 bits per heavy atom. The largest absolute Gasteiger partial charge is 0.481 e. The molecule has 1 amide bonds. The van der Waals surface area contributed by atoms with Gasteiger partial charge in [-0.05, 0) is 12.8 Å². The van der Waals surface area contributed by atoms with Crippen LogP contribution in [0.2, 0.25) is 0 Å². The van der Waals surface area contributed by atoms with Gasteiger partial charge in [0.05, 0.1) is 12.1 Å². The first-order chi connectivity index (χ1) is 8.65. The average Bonchev–Trinajstić information content (AvgIpc) is 2.77. The zero-order valence-electron chi connectivity index (χ0n) is 9.81. The second-order valence-corrected chi connectivity index (χ2v) is 5.03. The van der Waals surface area contributed by atoms with E-state index < -0.39 is 5.97 Å². The molecule has 1 aliphatic heterocycles. The van der Waals surface area contributed by atoms with E-state index in [-0.39, 0.29) is 18.4 Å². The van der Waals surface area contributed by atoms with Crippen molar-refractivity contribution < 1.29 is 14.7 Å². The van der Waals surface area contributed by atoms with Gasteiger partial charge in [0, 0.05) is 18.3 Å². The van der Waals surface area contributed by atoms with Crippen molar-refractivity contribution in [3.8, 4) is 0 Å². The molecule has 1 unspecified atom stereocenters. The van der Waals surface area contributed by atoms with Gasteiger partial charge in [0.2, 0.25) is 5.91 Å². The second-order valence-electron chi connectivity index (χ2n) is 4.17. The molecule has 2 rings (SSSR count). The van der Waals surface area contributed by atoms with Crippen molar-refractivity contribution in [3.63, 3.8) is 0 Å². The van der Waals surface area contributed by atoms with Crippen molar-refractivity contribution in [2.45, 2.75) is 31.7 Å². The van der Waals surface area contributed by atoms with Crippen LogP contribution >= 0.6 is 11.3 Å². The predicted molar refractivity (Wildman–Crippen MR) is 67.7 cm³/mol. The van der Waals surface area contributed by atoms with E-state index in [0.29, 0.717) is 11.6 Å². The summed E-state index contributed by atoms with van der Waals surface area (Å²) in [6.45, 7) is 0.735. The zero-order chi connectivity index (χ0) is 13.0. The van der Waals surface area contributed by atoms with Gasteiger partial charge in [-0.2, -0.15) is 0 Å². The highest BCUT2D eigenvalue weighted by atomic mass is 32.1. The van der Waals surface area contributed by atoms with E-state index in [0.717, 1.165) is 25.1 Å². The number of carbonyl (C=O) groups is 2. The topological polar surface area (TPSA) is 91.3 Å². The van der Waals surface area contributed by atoms with E-state index in [9.17, 15) is 9.59 Å². The van der Waals surface area contributed by atoms with E-state index in [1.165, 1.54) is 11.3 Å². The lowest BCUT2D eigenvalue weighted by Crippen LogP contribution is -2.44. The third kappa shape index (κ3) is 3.43. The third-order valence-electron chi connectivity index (χ3n) is 2.73. The minimum atomic E-state index is -0.829. The molecule has 1 aliphatic rings. The van der Waals surface area contributed by atoms with E-state index in [2.05, 4.69) is 15.6 Å². The molecule has 1 aromatic heterocycles. The Labute approximate surface area is 108 Å². The first-order valence-corrected chi connectivity index (χ1v) is 6.73. The number of carboxylic acid groups (broad SMARTS) is 1. The monoisotopic (exact) mass is 269 g/mol. The Morgan fingerprint density at radius 2 is 2.50 bits per heavy atom. The van der Waals surface area contributed by atoms with Crippen molar-refractivity contribution >= 4 is 28.3 Å². The number of nitrogens with zero attached hydrogens (tertiary/aromatic N) is 1. The molecule has 7 heteroatoms. The molecule has 1 aromatic rings. The highest BCUT2D eigenvalue weighted by Crippen LogP contribution is 2.19. The maximum absolute atomic E-state index is 11.5. The molecule has 98 valence electrons. The van der Waals surface area contributed by atoms with Gasteiger partial charge >= 0.3 is 5.97 Å². The summed E-state index contributed by atoms with van der Waals surface area (Å²) in [5.74, 6) is -0.826. The fraction of sp³-hybridized carbons (Fsp3) is 0.545. The minimum absolute atomic E-state index is 0.00327. The van der Waals surface area contributed by atoms with E-state index in [1.807, 2.05) is 5.38 Å². The Bertz CT molecular complexity index is 446. The first-order valence-electron chi connectivity index (χ1n) is 5.85. The molecule has 2 heterocycles. The number of piperidine rings is 1. The lowest BCUT2D eigenvalue weighted by molar-refractivity contribution is -0.137. The smallest absolute Gasteiger partial charge is 0.303 e. The molecule has 1 atom stereocenters. The quantitative estimate of drug-likeness (QED) is 0.737.